The Hall–Kier alpha value is -0.260. The topological polar surface area (TPSA) is 0 Å². The van der Waals surface area contributed by atoms with Gasteiger partial charge in [0.25, 0.3) is 0 Å². The van der Waals surface area contributed by atoms with E-state index >= 15 is 0 Å². The Morgan fingerprint density at radius 1 is 1.56 bits per heavy atom. The van der Waals surface area contributed by atoms with Crippen molar-refractivity contribution in [2.24, 2.45) is 5.92 Å². The molecule has 0 heteroatoms. The van der Waals surface area contributed by atoms with Crippen molar-refractivity contribution in [3.63, 3.8) is 0 Å². The molecular formula is C9H16. The molecule has 0 atom stereocenters. The van der Waals surface area contributed by atoms with Gasteiger partial charge in [0.1, 0.15) is 0 Å². The van der Waals surface area contributed by atoms with Crippen molar-refractivity contribution in [3.05, 3.63) is 11.6 Å². The molecule has 0 aromatic rings. The van der Waals surface area contributed by atoms with Crippen LogP contribution in [-0.4, -0.2) is 0 Å². The first kappa shape index (κ1) is 6.85. The molecule has 1 aliphatic rings. The molecule has 0 bridgehead atoms. The minimum atomic E-state index is 0.963. The van der Waals surface area contributed by atoms with Crippen molar-refractivity contribution in [2.45, 2.75) is 39.5 Å². The van der Waals surface area contributed by atoms with Gasteiger partial charge in [0.05, 0.1) is 0 Å². The molecule has 1 saturated carbocycles. The van der Waals surface area contributed by atoms with Crippen LogP contribution in [0.1, 0.15) is 39.5 Å². The summed E-state index contributed by atoms with van der Waals surface area (Å²) in [6.45, 7) is 4.48. The Balaban J connectivity index is 2.31. The molecule has 0 aromatic heterocycles. The normalized spacial score (nSPS) is 21.8. The zero-order valence-electron chi connectivity index (χ0n) is 6.48. The van der Waals surface area contributed by atoms with Gasteiger partial charge >= 0.3 is 0 Å². The average molecular weight is 124 g/mol. The minimum absolute atomic E-state index is 0.963. The van der Waals surface area contributed by atoms with E-state index in [1.807, 2.05) is 0 Å². The van der Waals surface area contributed by atoms with Crippen LogP contribution in [0.5, 0.6) is 0 Å². The Labute approximate surface area is 58.0 Å². The number of hydrogen-bond acceptors (Lipinski definition) is 0. The molecule has 0 amide bonds. The standard InChI is InChI=1S/C9H16/c1-3-5-8(2)9-6-4-7-9/h5,9H,3-4,6-7H2,1-2H3. The quantitative estimate of drug-likeness (QED) is 0.496. The van der Waals surface area contributed by atoms with E-state index < -0.39 is 0 Å². The predicted molar refractivity (Wildman–Crippen MR) is 41.4 cm³/mol. The minimum Gasteiger partial charge on any atom is -0.0856 e. The maximum atomic E-state index is 2.36. The summed E-state index contributed by atoms with van der Waals surface area (Å²) in [5, 5.41) is 0. The van der Waals surface area contributed by atoms with Crippen molar-refractivity contribution >= 4 is 0 Å². The third kappa shape index (κ3) is 1.57. The first-order valence-electron chi connectivity index (χ1n) is 4.01. The van der Waals surface area contributed by atoms with E-state index in [0.29, 0.717) is 0 Å². The Morgan fingerprint density at radius 2 is 2.22 bits per heavy atom. The van der Waals surface area contributed by atoms with Crippen molar-refractivity contribution in [3.8, 4) is 0 Å². The number of hydrogen-bond donors (Lipinski definition) is 0. The summed E-state index contributed by atoms with van der Waals surface area (Å²) >= 11 is 0. The van der Waals surface area contributed by atoms with E-state index in [1.54, 1.807) is 5.57 Å². The van der Waals surface area contributed by atoms with Crippen molar-refractivity contribution in [2.75, 3.05) is 0 Å². The highest BCUT2D eigenvalue weighted by Gasteiger charge is 2.17. The van der Waals surface area contributed by atoms with Crippen LogP contribution in [0.15, 0.2) is 11.6 Å². The lowest BCUT2D eigenvalue weighted by atomic mass is 9.80. The molecule has 9 heavy (non-hydrogen) atoms. The van der Waals surface area contributed by atoms with Gasteiger partial charge in [0.2, 0.25) is 0 Å². The van der Waals surface area contributed by atoms with E-state index in [9.17, 15) is 0 Å². The number of allylic oxidation sites excluding steroid dienone is 2. The predicted octanol–water partition coefficient (Wildman–Crippen LogP) is 3.14. The molecule has 0 aliphatic heterocycles. The van der Waals surface area contributed by atoms with Gasteiger partial charge in [-0.05, 0) is 32.1 Å². The second-order valence-electron chi connectivity index (χ2n) is 2.98. The van der Waals surface area contributed by atoms with Crippen LogP contribution in [0.3, 0.4) is 0 Å². The molecule has 0 saturated heterocycles. The zero-order valence-corrected chi connectivity index (χ0v) is 6.48. The van der Waals surface area contributed by atoms with E-state index in [4.69, 9.17) is 0 Å². The second kappa shape index (κ2) is 3.05. The molecule has 0 aromatic carbocycles. The van der Waals surface area contributed by atoms with Crippen LogP contribution in [0.2, 0.25) is 0 Å². The largest absolute Gasteiger partial charge is 0.0856 e. The molecule has 0 heterocycles. The zero-order chi connectivity index (χ0) is 6.69. The highest BCUT2D eigenvalue weighted by atomic mass is 14.2. The third-order valence-corrected chi connectivity index (χ3v) is 2.28. The van der Waals surface area contributed by atoms with Crippen LogP contribution in [0.4, 0.5) is 0 Å². The molecule has 0 N–H and O–H groups in total. The van der Waals surface area contributed by atoms with Gasteiger partial charge in [-0.2, -0.15) is 0 Å². The molecule has 0 spiro atoms. The highest BCUT2D eigenvalue weighted by Crippen LogP contribution is 2.32. The molecule has 1 aliphatic carbocycles. The van der Waals surface area contributed by atoms with Gasteiger partial charge in [-0.15, -0.1) is 0 Å². The fraction of sp³-hybridized carbons (Fsp3) is 0.778. The fourth-order valence-electron chi connectivity index (χ4n) is 1.35. The third-order valence-electron chi connectivity index (χ3n) is 2.28. The van der Waals surface area contributed by atoms with Crippen LogP contribution in [-0.2, 0) is 0 Å². The first-order chi connectivity index (χ1) is 4.34. The summed E-state index contributed by atoms with van der Waals surface area (Å²) in [5.74, 6) is 0.963. The second-order valence-corrected chi connectivity index (χ2v) is 2.98. The van der Waals surface area contributed by atoms with Crippen molar-refractivity contribution in [1.82, 2.24) is 0 Å². The van der Waals surface area contributed by atoms with Crippen LogP contribution in [0, 0.1) is 5.92 Å². The van der Waals surface area contributed by atoms with Crippen molar-refractivity contribution in [1.29, 1.82) is 0 Å². The summed E-state index contributed by atoms with van der Waals surface area (Å²) in [6, 6.07) is 0. The van der Waals surface area contributed by atoms with Gasteiger partial charge in [0, 0.05) is 0 Å². The SMILES string of the molecule is CCC=C(C)C1CCC1. The molecule has 52 valence electrons. The molecular weight excluding hydrogens is 108 g/mol. The van der Waals surface area contributed by atoms with Gasteiger partial charge in [0.15, 0.2) is 0 Å². The maximum Gasteiger partial charge on any atom is -0.0206 e. The molecule has 1 fully saturated rings. The van der Waals surface area contributed by atoms with E-state index in [-0.39, 0.29) is 0 Å². The lowest BCUT2D eigenvalue weighted by Gasteiger charge is -2.26. The molecule has 0 radical (unpaired) electrons. The van der Waals surface area contributed by atoms with Crippen molar-refractivity contribution < 1.29 is 0 Å². The maximum absolute atomic E-state index is 2.36. The fourth-order valence-corrected chi connectivity index (χ4v) is 1.35. The number of rotatable bonds is 2. The Morgan fingerprint density at radius 3 is 2.56 bits per heavy atom. The summed E-state index contributed by atoms with van der Waals surface area (Å²) in [5.41, 5.74) is 1.63. The smallest absolute Gasteiger partial charge is 0.0206 e. The lowest BCUT2D eigenvalue weighted by Crippen LogP contribution is -2.11. The summed E-state index contributed by atoms with van der Waals surface area (Å²) in [6.07, 6.45) is 7.93. The van der Waals surface area contributed by atoms with Crippen LogP contribution in [0.25, 0.3) is 0 Å². The Bertz CT molecular complexity index is 107. The molecule has 1 rings (SSSR count). The average Bonchev–Trinajstić information content (AvgIpc) is 1.60. The first-order valence-corrected chi connectivity index (χ1v) is 4.01. The van der Waals surface area contributed by atoms with Crippen LogP contribution < -0.4 is 0 Å². The van der Waals surface area contributed by atoms with E-state index in [0.717, 1.165) is 5.92 Å². The monoisotopic (exact) mass is 124 g/mol. The molecule has 0 unspecified atom stereocenters. The summed E-state index contributed by atoms with van der Waals surface area (Å²) in [4.78, 5) is 0. The van der Waals surface area contributed by atoms with Gasteiger partial charge < -0.3 is 0 Å². The van der Waals surface area contributed by atoms with Gasteiger partial charge in [-0.25, -0.2) is 0 Å². The van der Waals surface area contributed by atoms with Gasteiger partial charge in [-0.3, -0.25) is 0 Å². The summed E-state index contributed by atoms with van der Waals surface area (Å²) in [7, 11) is 0. The van der Waals surface area contributed by atoms with Crippen LogP contribution >= 0.6 is 0 Å². The molecule has 0 nitrogen and oxygen atoms in total. The van der Waals surface area contributed by atoms with E-state index in [2.05, 4.69) is 19.9 Å². The Kier molecular flexibility index (Phi) is 2.32. The lowest BCUT2D eigenvalue weighted by molar-refractivity contribution is 0.367. The highest BCUT2D eigenvalue weighted by molar-refractivity contribution is 5.05. The van der Waals surface area contributed by atoms with Gasteiger partial charge in [-0.1, -0.05) is 25.0 Å². The van der Waals surface area contributed by atoms with E-state index in [1.165, 1.54) is 25.7 Å². The summed E-state index contributed by atoms with van der Waals surface area (Å²) < 4.78 is 0.